The van der Waals surface area contributed by atoms with Crippen LogP contribution in [0.25, 0.3) is 11.3 Å². The van der Waals surface area contributed by atoms with Gasteiger partial charge in [0, 0.05) is 34.9 Å². The SMILES string of the molecule is Cc1ccc(NCC(=O)c2ccccc2)cc1Nc1ncc(-c2ccncc2)o1. The van der Waals surface area contributed by atoms with E-state index in [0.717, 1.165) is 22.5 Å². The molecule has 2 aromatic heterocycles. The minimum Gasteiger partial charge on any atom is -0.423 e. The lowest BCUT2D eigenvalue weighted by molar-refractivity contribution is 0.101. The van der Waals surface area contributed by atoms with Gasteiger partial charge in [0.25, 0.3) is 6.01 Å². The van der Waals surface area contributed by atoms with E-state index in [1.165, 1.54) is 0 Å². The summed E-state index contributed by atoms with van der Waals surface area (Å²) in [7, 11) is 0. The normalized spacial score (nSPS) is 10.5. The van der Waals surface area contributed by atoms with E-state index in [2.05, 4.69) is 20.6 Å². The first-order chi connectivity index (χ1) is 14.2. The van der Waals surface area contributed by atoms with Gasteiger partial charge in [0.15, 0.2) is 11.5 Å². The Kier molecular flexibility index (Phi) is 5.33. The zero-order valence-electron chi connectivity index (χ0n) is 15.9. The van der Waals surface area contributed by atoms with Gasteiger partial charge in [0.05, 0.1) is 12.7 Å². The minimum atomic E-state index is 0.0374. The van der Waals surface area contributed by atoms with E-state index in [1.807, 2.05) is 67.6 Å². The number of nitrogens with one attached hydrogen (secondary N) is 2. The molecular formula is C23H20N4O2. The Morgan fingerprint density at radius 1 is 1.03 bits per heavy atom. The zero-order chi connectivity index (χ0) is 20.1. The maximum absolute atomic E-state index is 12.3. The number of oxazole rings is 1. The van der Waals surface area contributed by atoms with Crippen LogP contribution in [0.5, 0.6) is 0 Å². The number of hydrogen-bond acceptors (Lipinski definition) is 6. The topological polar surface area (TPSA) is 80.0 Å². The fourth-order valence-electron chi connectivity index (χ4n) is 2.87. The molecule has 0 unspecified atom stereocenters. The number of nitrogens with zero attached hydrogens (tertiary/aromatic N) is 2. The molecule has 0 spiro atoms. The molecule has 0 aliphatic rings. The standard InChI is InChI=1S/C23H20N4O2/c1-16-7-8-19(25-14-21(28)17-5-3-2-4-6-17)13-20(16)27-23-26-15-22(29-23)18-9-11-24-12-10-18/h2-13,15,25H,14H2,1H3,(H,26,27). The maximum Gasteiger partial charge on any atom is 0.299 e. The molecular weight excluding hydrogens is 364 g/mol. The van der Waals surface area contributed by atoms with E-state index < -0.39 is 0 Å². The fourth-order valence-corrected chi connectivity index (χ4v) is 2.87. The lowest BCUT2D eigenvalue weighted by Crippen LogP contribution is -2.14. The highest BCUT2D eigenvalue weighted by Gasteiger charge is 2.09. The highest BCUT2D eigenvalue weighted by atomic mass is 16.4. The van der Waals surface area contributed by atoms with Gasteiger partial charge in [-0.2, -0.15) is 0 Å². The van der Waals surface area contributed by atoms with Crippen LogP contribution in [-0.4, -0.2) is 22.3 Å². The molecule has 4 aromatic rings. The summed E-state index contributed by atoms with van der Waals surface area (Å²) in [4.78, 5) is 20.6. The van der Waals surface area contributed by atoms with Crippen molar-refractivity contribution in [3.63, 3.8) is 0 Å². The van der Waals surface area contributed by atoms with Crippen molar-refractivity contribution in [1.82, 2.24) is 9.97 Å². The van der Waals surface area contributed by atoms with Gasteiger partial charge in [-0.05, 0) is 36.8 Å². The van der Waals surface area contributed by atoms with Crippen molar-refractivity contribution in [3.05, 3.63) is 90.4 Å². The lowest BCUT2D eigenvalue weighted by atomic mass is 10.1. The summed E-state index contributed by atoms with van der Waals surface area (Å²) < 4.78 is 5.80. The quantitative estimate of drug-likeness (QED) is 0.432. The number of anilines is 3. The highest BCUT2D eigenvalue weighted by Crippen LogP contribution is 2.27. The molecule has 2 heterocycles. The van der Waals surface area contributed by atoms with E-state index in [0.29, 0.717) is 17.3 Å². The van der Waals surface area contributed by atoms with Crippen molar-refractivity contribution in [1.29, 1.82) is 0 Å². The summed E-state index contributed by atoms with van der Waals surface area (Å²) in [5.41, 5.74) is 4.32. The third-order valence-corrected chi connectivity index (χ3v) is 4.50. The van der Waals surface area contributed by atoms with Crippen LogP contribution >= 0.6 is 0 Å². The van der Waals surface area contributed by atoms with Crippen molar-refractivity contribution >= 4 is 23.2 Å². The average molecular weight is 384 g/mol. The van der Waals surface area contributed by atoms with Crippen LogP contribution in [0.2, 0.25) is 0 Å². The number of ketones is 1. The smallest absolute Gasteiger partial charge is 0.299 e. The first kappa shape index (κ1) is 18.4. The second-order valence-electron chi connectivity index (χ2n) is 6.56. The van der Waals surface area contributed by atoms with Crippen LogP contribution in [0.15, 0.2) is 83.7 Å². The Balaban J connectivity index is 1.45. The second-order valence-corrected chi connectivity index (χ2v) is 6.56. The molecule has 0 atom stereocenters. The number of aromatic nitrogens is 2. The molecule has 0 bridgehead atoms. The predicted octanol–water partition coefficient (Wildman–Crippen LogP) is 5.08. The molecule has 0 fully saturated rings. The van der Waals surface area contributed by atoms with Crippen molar-refractivity contribution in [2.45, 2.75) is 6.92 Å². The van der Waals surface area contributed by atoms with Gasteiger partial charge in [0.2, 0.25) is 0 Å². The van der Waals surface area contributed by atoms with Crippen molar-refractivity contribution in [2.24, 2.45) is 0 Å². The molecule has 0 radical (unpaired) electrons. The Labute approximate surface area is 168 Å². The molecule has 6 heteroatoms. The van der Waals surface area contributed by atoms with Gasteiger partial charge >= 0.3 is 0 Å². The van der Waals surface area contributed by atoms with E-state index >= 15 is 0 Å². The Morgan fingerprint density at radius 3 is 2.62 bits per heavy atom. The molecule has 2 N–H and O–H groups in total. The number of pyridine rings is 1. The molecule has 0 amide bonds. The summed E-state index contributed by atoms with van der Waals surface area (Å²) in [6, 6.07) is 19.2. The van der Waals surface area contributed by atoms with Gasteiger partial charge in [-0.3, -0.25) is 9.78 Å². The molecule has 0 saturated heterocycles. The van der Waals surface area contributed by atoms with Crippen LogP contribution < -0.4 is 10.6 Å². The van der Waals surface area contributed by atoms with Gasteiger partial charge < -0.3 is 15.1 Å². The van der Waals surface area contributed by atoms with Crippen LogP contribution in [0.1, 0.15) is 15.9 Å². The third-order valence-electron chi connectivity index (χ3n) is 4.50. The number of Topliss-reactive ketones (excluding diaryl/α,β-unsaturated/α-hetero) is 1. The highest BCUT2D eigenvalue weighted by molar-refractivity contribution is 5.99. The molecule has 2 aromatic carbocycles. The predicted molar refractivity (Wildman–Crippen MR) is 113 cm³/mol. The molecule has 0 aliphatic heterocycles. The number of carbonyl (C=O) groups is 1. The largest absolute Gasteiger partial charge is 0.423 e. The minimum absolute atomic E-state index is 0.0374. The zero-order valence-corrected chi connectivity index (χ0v) is 15.9. The van der Waals surface area contributed by atoms with Gasteiger partial charge in [0.1, 0.15) is 0 Å². The van der Waals surface area contributed by atoms with Gasteiger partial charge in [-0.25, -0.2) is 4.98 Å². The number of carbonyl (C=O) groups excluding carboxylic acids is 1. The van der Waals surface area contributed by atoms with E-state index in [4.69, 9.17) is 4.42 Å². The number of benzene rings is 2. The van der Waals surface area contributed by atoms with Gasteiger partial charge in [-0.1, -0.05) is 36.4 Å². The second kappa shape index (κ2) is 8.39. The van der Waals surface area contributed by atoms with Crippen molar-refractivity contribution < 1.29 is 9.21 Å². The van der Waals surface area contributed by atoms with E-state index in [9.17, 15) is 4.79 Å². The summed E-state index contributed by atoms with van der Waals surface area (Å²) in [6.45, 7) is 2.21. The number of hydrogen-bond donors (Lipinski definition) is 2. The van der Waals surface area contributed by atoms with Crippen LogP contribution in [0.3, 0.4) is 0 Å². The monoisotopic (exact) mass is 384 g/mol. The van der Waals surface area contributed by atoms with Gasteiger partial charge in [-0.15, -0.1) is 0 Å². The molecule has 4 rings (SSSR count). The lowest BCUT2D eigenvalue weighted by Gasteiger charge is -2.11. The number of rotatable bonds is 7. The van der Waals surface area contributed by atoms with Crippen molar-refractivity contribution in [2.75, 3.05) is 17.2 Å². The van der Waals surface area contributed by atoms with Crippen LogP contribution in [-0.2, 0) is 0 Å². The molecule has 29 heavy (non-hydrogen) atoms. The fraction of sp³-hybridized carbons (Fsp3) is 0.0870. The summed E-state index contributed by atoms with van der Waals surface area (Å²) in [5.74, 6) is 0.700. The summed E-state index contributed by atoms with van der Waals surface area (Å²) >= 11 is 0. The number of aryl methyl sites for hydroxylation is 1. The Morgan fingerprint density at radius 2 is 1.83 bits per heavy atom. The Bertz CT molecular complexity index is 1110. The van der Waals surface area contributed by atoms with Crippen molar-refractivity contribution in [3.8, 4) is 11.3 Å². The van der Waals surface area contributed by atoms with E-state index in [-0.39, 0.29) is 12.3 Å². The van der Waals surface area contributed by atoms with E-state index in [1.54, 1.807) is 18.6 Å². The first-order valence-corrected chi connectivity index (χ1v) is 9.25. The average Bonchev–Trinajstić information content (AvgIpc) is 3.24. The third kappa shape index (κ3) is 4.50. The van der Waals surface area contributed by atoms with Crippen LogP contribution in [0.4, 0.5) is 17.4 Å². The summed E-state index contributed by atoms with van der Waals surface area (Å²) in [5, 5.41) is 6.38. The summed E-state index contributed by atoms with van der Waals surface area (Å²) in [6.07, 6.45) is 5.09. The Hall–Kier alpha value is -3.93. The maximum atomic E-state index is 12.3. The first-order valence-electron chi connectivity index (χ1n) is 9.25. The molecule has 144 valence electrons. The molecule has 6 nitrogen and oxygen atoms in total. The molecule has 0 saturated carbocycles. The van der Waals surface area contributed by atoms with Crippen LogP contribution in [0, 0.1) is 6.92 Å². The molecule has 0 aliphatic carbocycles.